The summed E-state index contributed by atoms with van der Waals surface area (Å²) in [6, 6.07) is 3.52. The minimum Gasteiger partial charge on any atom is -0.480 e. The van der Waals surface area contributed by atoms with Gasteiger partial charge in [-0.2, -0.15) is 0 Å². The molecule has 0 atom stereocenters. The maximum Gasteiger partial charge on any atom is 0.329 e. The van der Waals surface area contributed by atoms with E-state index in [0.29, 0.717) is 0 Å². The molecule has 0 saturated carbocycles. The van der Waals surface area contributed by atoms with E-state index >= 15 is 0 Å². The quantitative estimate of drug-likeness (QED) is 0.893. The number of aliphatic carboxylic acids is 1. The molecule has 20 heavy (non-hydrogen) atoms. The van der Waals surface area contributed by atoms with Crippen molar-refractivity contribution < 1.29 is 14.7 Å². The molecule has 5 heteroatoms. The van der Waals surface area contributed by atoms with E-state index < -0.39 is 17.5 Å². The molecular formula is C15H22N2O3. The van der Waals surface area contributed by atoms with Crippen LogP contribution in [0.2, 0.25) is 0 Å². The van der Waals surface area contributed by atoms with Crippen molar-refractivity contribution in [1.29, 1.82) is 0 Å². The first-order chi connectivity index (χ1) is 9.07. The van der Waals surface area contributed by atoms with Crippen LogP contribution >= 0.6 is 0 Å². The number of nitrogens with one attached hydrogen (secondary N) is 1. The summed E-state index contributed by atoms with van der Waals surface area (Å²) >= 11 is 0. The molecule has 0 radical (unpaired) electrons. The van der Waals surface area contributed by atoms with Crippen molar-refractivity contribution in [3.8, 4) is 0 Å². The van der Waals surface area contributed by atoms with Gasteiger partial charge in [-0.1, -0.05) is 17.7 Å². The summed E-state index contributed by atoms with van der Waals surface area (Å²) < 4.78 is 0. The Balaban J connectivity index is 3.00. The minimum atomic E-state index is -1.27. The number of nitrogens with zero attached hydrogens (tertiary/aromatic N) is 1. The van der Waals surface area contributed by atoms with E-state index in [1.54, 1.807) is 0 Å². The van der Waals surface area contributed by atoms with Gasteiger partial charge in [0.2, 0.25) is 0 Å². The summed E-state index contributed by atoms with van der Waals surface area (Å²) in [4.78, 5) is 24.6. The van der Waals surface area contributed by atoms with E-state index in [0.717, 1.165) is 22.4 Å². The highest BCUT2D eigenvalue weighted by Gasteiger charge is 2.35. The number of rotatable bonds is 3. The van der Waals surface area contributed by atoms with Gasteiger partial charge in [0, 0.05) is 12.7 Å². The molecule has 0 aliphatic carbocycles. The Morgan fingerprint density at radius 3 is 2.00 bits per heavy atom. The van der Waals surface area contributed by atoms with Crippen molar-refractivity contribution >= 4 is 17.7 Å². The highest BCUT2D eigenvalue weighted by Crippen LogP contribution is 2.23. The van der Waals surface area contributed by atoms with Crippen LogP contribution in [0, 0.1) is 20.8 Å². The molecule has 0 aliphatic rings. The summed E-state index contributed by atoms with van der Waals surface area (Å²) in [5.41, 5.74) is 2.50. The lowest BCUT2D eigenvalue weighted by molar-refractivity contribution is -0.146. The summed E-state index contributed by atoms with van der Waals surface area (Å²) in [7, 11) is 1.47. The van der Waals surface area contributed by atoms with E-state index in [1.165, 1.54) is 25.8 Å². The van der Waals surface area contributed by atoms with Crippen molar-refractivity contribution in [3.63, 3.8) is 0 Å². The number of anilines is 1. The van der Waals surface area contributed by atoms with Crippen LogP contribution in [-0.4, -0.2) is 34.6 Å². The first-order valence-corrected chi connectivity index (χ1v) is 6.43. The van der Waals surface area contributed by atoms with Gasteiger partial charge in [-0.15, -0.1) is 0 Å². The van der Waals surface area contributed by atoms with Crippen molar-refractivity contribution in [2.75, 3.05) is 12.4 Å². The number of hydrogen-bond donors (Lipinski definition) is 2. The van der Waals surface area contributed by atoms with Gasteiger partial charge in [0.15, 0.2) is 0 Å². The van der Waals surface area contributed by atoms with E-state index in [9.17, 15) is 9.59 Å². The third kappa shape index (κ3) is 3.10. The van der Waals surface area contributed by atoms with Gasteiger partial charge in [-0.25, -0.2) is 9.59 Å². The standard InChI is InChI=1S/C15H22N2O3/c1-9-7-10(2)12(11(3)8-9)16-14(20)17(6)15(4,5)13(18)19/h7-8H,1-6H3,(H,16,20)(H,18,19). The van der Waals surface area contributed by atoms with Gasteiger partial charge in [0.1, 0.15) is 5.54 Å². The van der Waals surface area contributed by atoms with E-state index in [-0.39, 0.29) is 0 Å². The average Bonchev–Trinajstić information content (AvgIpc) is 2.32. The van der Waals surface area contributed by atoms with Crippen LogP contribution in [0.1, 0.15) is 30.5 Å². The molecule has 0 spiro atoms. The van der Waals surface area contributed by atoms with Crippen LogP contribution in [0.25, 0.3) is 0 Å². The van der Waals surface area contributed by atoms with E-state index in [4.69, 9.17) is 5.11 Å². The lowest BCUT2D eigenvalue weighted by atomic mass is 10.0. The summed E-state index contributed by atoms with van der Waals surface area (Å²) in [5, 5.41) is 11.9. The number of benzene rings is 1. The number of hydrogen-bond acceptors (Lipinski definition) is 2. The van der Waals surface area contributed by atoms with Crippen LogP contribution in [0.5, 0.6) is 0 Å². The third-order valence-electron chi connectivity index (χ3n) is 3.58. The van der Waals surface area contributed by atoms with Crippen molar-refractivity contribution in [1.82, 2.24) is 4.90 Å². The number of carboxylic acid groups (broad SMARTS) is 1. The Kier molecular flexibility index (Phi) is 4.43. The third-order valence-corrected chi connectivity index (χ3v) is 3.58. The number of amides is 2. The monoisotopic (exact) mass is 278 g/mol. The fourth-order valence-corrected chi connectivity index (χ4v) is 1.97. The number of urea groups is 1. The predicted octanol–water partition coefficient (Wildman–Crippen LogP) is 2.94. The molecule has 0 saturated heterocycles. The Bertz CT molecular complexity index is 527. The zero-order valence-electron chi connectivity index (χ0n) is 12.9. The zero-order valence-corrected chi connectivity index (χ0v) is 12.9. The fourth-order valence-electron chi connectivity index (χ4n) is 1.97. The zero-order chi connectivity index (χ0) is 15.7. The second kappa shape index (κ2) is 5.53. The van der Waals surface area contributed by atoms with Gasteiger partial charge in [0.05, 0.1) is 0 Å². The molecule has 2 N–H and O–H groups in total. The second-order valence-electron chi connectivity index (χ2n) is 5.63. The summed E-state index contributed by atoms with van der Waals surface area (Å²) in [5.74, 6) is -1.05. The summed E-state index contributed by atoms with van der Waals surface area (Å²) in [6.07, 6.45) is 0. The van der Waals surface area contributed by atoms with Crippen molar-refractivity contribution in [2.24, 2.45) is 0 Å². The Hall–Kier alpha value is -2.04. The molecule has 0 bridgehead atoms. The molecule has 1 aromatic carbocycles. The topological polar surface area (TPSA) is 69.6 Å². The molecule has 2 amide bonds. The van der Waals surface area contributed by atoms with E-state index in [2.05, 4.69) is 5.32 Å². The maximum atomic E-state index is 12.2. The minimum absolute atomic E-state index is 0.438. The normalized spacial score (nSPS) is 11.1. The lowest BCUT2D eigenvalue weighted by Gasteiger charge is -2.32. The molecule has 110 valence electrons. The summed E-state index contributed by atoms with van der Waals surface area (Å²) in [6.45, 7) is 8.80. The van der Waals surface area contributed by atoms with Crippen molar-refractivity contribution in [2.45, 2.75) is 40.2 Å². The van der Waals surface area contributed by atoms with Crippen LogP contribution < -0.4 is 5.32 Å². The van der Waals surface area contributed by atoms with E-state index in [1.807, 2.05) is 32.9 Å². The second-order valence-corrected chi connectivity index (χ2v) is 5.63. The number of carboxylic acids is 1. The average molecular weight is 278 g/mol. The molecular weight excluding hydrogens is 256 g/mol. The van der Waals surface area contributed by atoms with Crippen molar-refractivity contribution in [3.05, 3.63) is 28.8 Å². The highest BCUT2D eigenvalue weighted by molar-refractivity contribution is 5.94. The fraction of sp³-hybridized carbons (Fsp3) is 0.467. The number of carbonyl (C=O) groups excluding carboxylic acids is 1. The molecule has 0 fully saturated rings. The van der Waals surface area contributed by atoms with Crippen LogP contribution in [0.15, 0.2) is 12.1 Å². The molecule has 1 rings (SSSR count). The Morgan fingerprint density at radius 1 is 1.15 bits per heavy atom. The van der Waals surface area contributed by atoms with Gasteiger partial charge in [-0.3, -0.25) is 0 Å². The van der Waals surface area contributed by atoms with Crippen LogP contribution in [0.4, 0.5) is 10.5 Å². The first kappa shape index (κ1) is 16.0. The van der Waals surface area contributed by atoms with Gasteiger partial charge in [0.25, 0.3) is 0 Å². The molecule has 0 aromatic heterocycles. The van der Waals surface area contributed by atoms with Gasteiger partial charge >= 0.3 is 12.0 Å². The highest BCUT2D eigenvalue weighted by atomic mass is 16.4. The first-order valence-electron chi connectivity index (χ1n) is 6.43. The molecule has 0 heterocycles. The van der Waals surface area contributed by atoms with Crippen LogP contribution in [0.3, 0.4) is 0 Å². The lowest BCUT2D eigenvalue weighted by Crippen LogP contribution is -2.52. The number of carbonyl (C=O) groups is 2. The Labute approximate surface area is 119 Å². The largest absolute Gasteiger partial charge is 0.480 e. The Morgan fingerprint density at radius 2 is 1.60 bits per heavy atom. The molecule has 0 aliphatic heterocycles. The molecule has 0 unspecified atom stereocenters. The predicted molar refractivity (Wildman–Crippen MR) is 79.1 cm³/mol. The number of aryl methyl sites for hydroxylation is 3. The van der Waals surface area contributed by atoms with Crippen LogP contribution in [-0.2, 0) is 4.79 Å². The smallest absolute Gasteiger partial charge is 0.329 e. The molecule has 5 nitrogen and oxygen atoms in total. The maximum absolute atomic E-state index is 12.2. The number of likely N-dealkylation sites (N-methyl/N-ethyl adjacent to an activating group) is 1. The van der Waals surface area contributed by atoms with Gasteiger partial charge < -0.3 is 15.3 Å². The van der Waals surface area contributed by atoms with Gasteiger partial charge in [-0.05, 0) is 45.7 Å². The SMILES string of the molecule is Cc1cc(C)c(NC(=O)N(C)C(C)(C)C(=O)O)c(C)c1. The molecule has 1 aromatic rings.